The normalized spacial score (nSPS) is 10.6. The van der Waals surface area contributed by atoms with Gasteiger partial charge in [0, 0.05) is 13.5 Å². The molecule has 5 nitrogen and oxygen atoms in total. The SMILES string of the molecule is COCc1nc(CCc2ccccc2C)oc1C(=O)OC. The predicted molar refractivity (Wildman–Crippen MR) is 77.1 cm³/mol. The monoisotopic (exact) mass is 289 g/mol. The molecule has 2 rings (SSSR count). The third kappa shape index (κ3) is 3.70. The number of rotatable bonds is 6. The molecule has 5 heteroatoms. The zero-order valence-corrected chi connectivity index (χ0v) is 12.5. The lowest BCUT2D eigenvalue weighted by atomic mass is 10.0. The van der Waals surface area contributed by atoms with Crippen LogP contribution in [0.15, 0.2) is 28.7 Å². The summed E-state index contributed by atoms with van der Waals surface area (Å²) in [5.74, 6) is 0.113. The lowest BCUT2D eigenvalue weighted by Crippen LogP contribution is -2.04. The first-order chi connectivity index (χ1) is 10.2. The van der Waals surface area contributed by atoms with Crippen LogP contribution >= 0.6 is 0 Å². The molecule has 2 aromatic rings. The fourth-order valence-corrected chi connectivity index (χ4v) is 2.13. The Bertz CT molecular complexity index is 618. The summed E-state index contributed by atoms with van der Waals surface area (Å²) in [7, 11) is 2.86. The lowest BCUT2D eigenvalue weighted by Gasteiger charge is -2.02. The van der Waals surface area contributed by atoms with Gasteiger partial charge < -0.3 is 13.9 Å². The highest BCUT2D eigenvalue weighted by atomic mass is 16.5. The molecule has 0 aliphatic carbocycles. The molecule has 0 N–H and O–H groups in total. The van der Waals surface area contributed by atoms with Gasteiger partial charge in [0.25, 0.3) is 0 Å². The van der Waals surface area contributed by atoms with Crippen molar-refractivity contribution in [2.45, 2.75) is 26.4 Å². The second kappa shape index (κ2) is 7.04. The van der Waals surface area contributed by atoms with E-state index in [1.54, 1.807) is 7.11 Å². The van der Waals surface area contributed by atoms with Crippen LogP contribution in [0.4, 0.5) is 0 Å². The molecule has 0 radical (unpaired) electrons. The van der Waals surface area contributed by atoms with E-state index in [4.69, 9.17) is 13.9 Å². The van der Waals surface area contributed by atoms with Crippen molar-refractivity contribution in [2.75, 3.05) is 14.2 Å². The summed E-state index contributed by atoms with van der Waals surface area (Å²) >= 11 is 0. The largest absolute Gasteiger partial charge is 0.463 e. The number of carbonyl (C=O) groups excluding carboxylic acids is 1. The Labute approximate surface area is 123 Å². The molecule has 21 heavy (non-hydrogen) atoms. The number of aryl methyl sites for hydroxylation is 3. The summed E-state index contributed by atoms with van der Waals surface area (Å²) < 4.78 is 15.2. The van der Waals surface area contributed by atoms with Gasteiger partial charge >= 0.3 is 5.97 Å². The molecule has 1 aromatic heterocycles. The highest BCUT2D eigenvalue weighted by Gasteiger charge is 2.20. The molecule has 0 aliphatic rings. The van der Waals surface area contributed by atoms with Crippen LogP contribution in [0, 0.1) is 6.92 Å². The number of nitrogens with zero attached hydrogens (tertiary/aromatic N) is 1. The lowest BCUT2D eigenvalue weighted by molar-refractivity contribution is 0.0556. The van der Waals surface area contributed by atoms with Crippen LogP contribution in [0.25, 0.3) is 0 Å². The van der Waals surface area contributed by atoms with Crippen molar-refractivity contribution >= 4 is 5.97 Å². The standard InChI is InChI=1S/C16H19NO4/c1-11-6-4-5-7-12(11)8-9-14-17-13(10-19-2)15(21-14)16(18)20-3/h4-7H,8-10H2,1-3H3. The minimum absolute atomic E-state index is 0.124. The van der Waals surface area contributed by atoms with Crippen molar-refractivity contribution in [3.63, 3.8) is 0 Å². The first-order valence-corrected chi connectivity index (χ1v) is 6.76. The van der Waals surface area contributed by atoms with E-state index in [2.05, 4.69) is 24.0 Å². The molecule has 0 aliphatic heterocycles. The Kier molecular flexibility index (Phi) is 5.11. The van der Waals surface area contributed by atoms with Gasteiger partial charge in [0.1, 0.15) is 5.69 Å². The summed E-state index contributed by atoms with van der Waals surface area (Å²) in [5, 5.41) is 0. The number of ether oxygens (including phenoxy) is 2. The number of benzene rings is 1. The van der Waals surface area contributed by atoms with Crippen LogP contribution in [0.1, 0.15) is 33.3 Å². The average Bonchev–Trinajstić information content (AvgIpc) is 2.89. The van der Waals surface area contributed by atoms with E-state index < -0.39 is 5.97 Å². The maximum Gasteiger partial charge on any atom is 0.376 e. The molecule has 0 atom stereocenters. The third-order valence-electron chi connectivity index (χ3n) is 3.26. The molecule has 112 valence electrons. The molecule has 1 aromatic carbocycles. The van der Waals surface area contributed by atoms with Crippen molar-refractivity contribution < 1.29 is 18.7 Å². The van der Waals surface area contributed by atoms with Crippen molar-refractivity contribution in [1.82, 2.24) is 4.98 Å². The topological polar surface area (TPSA) is 61.6 Å². The van der Waals surface area contributed by atoms with E-state index in [-0.39, 0.29) is 12.4 Å². The summed E-state index contributed by atoms with van der Waals surface area (Å²) in [4.78, 5) is 16.0. The Morgan fingerprint density at radius 2 is 2.00 bits per heavy atom. The summed E-state index contributed by atoms with van der Waals surface area (Å²) in [6, 6.07) is 8.17. The highest BCUT2D eigenvalue weighted by molar-refractivity contribution is 5.87. The van der Waals surface area contributed by atoms with Gasteiger partial charge in [0.2, 0.25) is 5.76 Å². The third-order valence-corrected chi connectivity index (χ3v) is 3.26. The molecule has 0 amide bonds. The van der Waals surface area contributed by atoms with Crippen LogP contribution in [-0.2, 0) is 28.9 Å². The summed E-state index contributed by atoms with van der Waals surface area (Å²) in [5.41, 5.74) is 2.95. The smallest absolute Gasteiger partial charge is 0.376 e. The number of hydrogen-bond donors (Lipinski definition) is 0. The van der Waals surface area contributed by atoms with Gasteiger partial charge in [-0.2, -0.15) is 0 Å². The van der Waals surface area contributed by atoms with Crippen molar-refractivity contribution in [3.05, 3.63) is 52.7 Å². The van der Waals surface area contributed by atoms with Crippen LogP contribution in [-0.4, -0.2) is 25.2 Å². The fourth-order valence-electron chi connectivity index (χ4n) is 2.13. The van der Waals surface area contributed by atoms with Crippen molar-refractivity contribution in [3.8, 4) is 0 Å². The predicted octanol–water partition coefficient (Wildman–Crippen LogP) is 2.70. The van der Waals surface area contributed by atoms with Crippen LogP contribution in [0.2, 0.25) is 0 Å². The quantitative estimate of drug-likeness (QED) is 0.765. The number of hydrogen-bond acceptors (Lipinski definition) is 5. The van der Waals surface area contributed by atoms with E-state index in [1.807, 2.05) is 12.1 Å². The zero-order valence-electron chi connectivity index (χ0n) is 12.5. The van der Waals surface area contributed by atoms with Crippen molar-refractivity contribution in [2.24, 2.45) is 0 Å². The van der Waals surface area contributed by atoms with Crippen LogP contribution in [0.5, 0.6) is 0 Å². The Balaban J connectivity index is 2.13. The molecule has 1 heterocycles. The van der Waals surface area contributed by atoms with Crippen LogP contribution < -0.4 is 0 Å². The molecular weight excluding hydrogens is 270 g/mol. The molecule has 0 fully saturated rings. The highest BCUT2D eigenvalue weighted by Crippen LogP contribution is 2.16. The molecule has 0 saturated heterocycles. The number of oxazole rings is 1. The van der Waals surface area contributed by atoms with Gasteiger partial charge in [-0.3, -0.25) is 0 Å². The zero-order chi connectivity index (χ0) is 15.2. The number of carbonyl (C=O) groups is 1. The van der Waals surface area contributed by atoms with Crippen LogP contribution in [0.3, 0.4) is 0 Å². The molecule has 0 bridgehead atoms. The van der Waals surface area contributed by atoms with Gasteiger partial charge in [-0.15, -0.1) is 0 Å². The molecule has 0 saturated carbocycles. The van der Waals surface area contributed by atoms with Gasteiger partial charge in [0.05, 0.1) is 13.7 Å². The Morgan fingerprint density at radius 1 is 1.24 bits per heavy atom. The van der Waals surface area contributed by atoms with E-state index in [9.17, 15) is 4.79 Å². The van der Waals surface area contributed by atoms with E-state index in [0.717, 1.165) is 6.42 Å². The molecular formula is C16H19NO4. The minimum Gasteiger partial charge on any atom is -0.463 e. The van der Waals surface area contributed by atoms with E-state index >= 15 is 0 Å². The molecule has 0 spiro atoms. The fraction of sp³-hybridized carbons (Fsp3) is 0.375. The van der Waals surface area contributed by atoms with Gasteiger partial charge in [-0.25, -0.2) is 9.78 Å². The number of methoxy groups -OCH3 is 2. The second-order valence-corrected chi connectivity index (χ2v) is 4.73. The number of esters is 1. The Hall–Kier alpha value is -2.14. The first-order valence-electron chi connectivity index (χ1n) is 6.76. The van der Waals surface area contributed by atoms with Crippen molar-refractivity contribution in [1.29, 1.82) is 0 Å². The summed E-state index contributed by atoms with van der Waals surface area (Å²) in [6.45, 7) is 2.29. The van der Waals surface area contributed by atoms with Gasteiger partial charge in [-0.1, -0.05) is 24.3 Å². The second-order valence-electron chi connectivity index (χ2n) is 4.73. The maximum absolute atomic E-state index is 11.6. The number of aromatic nitrogens is 1. The maximum atomic E-state index is 11.6. The summed E-state index contributed by atoms with van der Waals surface area (Å²) in [6.07, 6.45) is 1.43. The minimum atomic E-state index is -0.531. The first kappa shape index (κ1) is 15.3. The average molecular weight is 289 g/mol. The Morgan fingerprint density at radius 3 is 2.67 bits per heavy atom. The van der Waals surface area contributed by atoms with E-state index in [0.29, 0.717) is 18.0 Å². The van der Waals surface area contributed by atoms with Gasteiger partial charge in [0.15, 0.2) is 5.89 Å². The van der Waals surface area contributed by atoms with Gasteiger partial charge in [-0.05, 0) is 24.5 Å². The molecule has 0 unspecified atom stereocenters. The van der Waals surface area contributed by atoms with E-state index in [1.165, 1.54) is 18.2 Å².